The zero-order valence-electron chi connectivity index (χ0n) is 19.5. The van der Waals surface area contributed by atoms with Gasteiger partial charge in [-0.3, -0.25) is 0 Å². The van der Waals surface area contributed by atoms with Gasteiger partial charge < -0.3 is 29.0 Å². The van der Waals surface area contributed by atoms with Gasteiger partial charge in [0, 0.05) is 25.7 Å². The van der Waals surface area contributed by atoms with E-state index in [1.165, 1.54) is 32.6 Å². The Morgan fingerprint density at radius 1 is 0.853 bits per heavy atom. The minimum atomic E-state index is -3.65. The minimum Gasteiger partial charge on any atom is -0.495 e. The van der Waals surface area contributed by atoms with Gasteiger partial charge in [-0.15, -0.1) is 0 Å². The predicted molar refractivity (Wildman–Crippen MR) is 127 cm³/mol. The van der Waals surface area contributed by atoms with E-state index in [1.807, 2.05) is 0 Å². The molecule has 0 fully saturated rings. The molecule has 2 N–H and O–H groups in total. The van der Waals surface area contributed by atoms with Crippen molar-refractivity contribution in [2.45, 2.75) is 4.90 Å². The molecule has 0 radical (unpaired) electrons. The second-order valence-corrected chi connectivity index (χ2v) is 8.80. The van der Waals surface area contributed by atoms with Crippen molar-refractivity contribution in [3.05, 3.63) is 36.7 Å². The van der Waals surface area contributed by atoms with Gasteiger partial charge >= 0.3 is 0 Å². The molecule has 0 spiro atoms. The number of fused-ring (bicyclic) bond motifs is 1. The topological polar surface area (TPSA) is 130 Å². The van der Waals surface area contributed by atoms with E-state index in [0.29, 0.717) is 66.1 Å². The molecule has 2 aromatic carbocycles. The van der Waals surface area contributed by atoms with Crippen molar-refractivity contribution in [3.63, 3.8) is 0 Å². The number of nitrogens with one attached hydrogen (secondary N) is 2. The molecule has 3 aromatic rings. The molecule has 0 atom stereocenters. The van der Waals surface area contributed by atoms with Crippen LogP contribution in [-0.4, -0.2) is 73.2 Å². The van der Waals surface area contributed by atoms with Gasteiger partial charge in [0.05, 0.1) is 36.4 Å². The van der Waals surface area contributed by atoms with Crippen LogP contribution in [0.4, 0.5) is 11.5 Å². The first-order chi connectivity index (χ1) is 16.4. The highest BCUT2D eigenvalue weighted by molar-refractivity contribution is 7.89. The molecule has 0 aliphatic carbocycles. The summed E-state index contributed by atoms with van der Waals surface area (Å²) in [6.45, 7) is 1.47. The normalized spacial score (nSPS) is 11.4. The van der Waals surface area contributed by atoms with Gasteiger partial charge in [-0.1, -0.05) is 0 Å². The van der Waals surface area contributed by atoms with Gasteiger partial charge in [-0.05, 0) is 31.3 Å². The maximum absolute atomic E-state index is 12.3. The van der Waals surface area contributed by atoms with E-state index in [0.717, 1.165) is 0 Å². The van der Waals surface area contributed by atoms with E-state index in [4.69, 9.17) is 23.7 Å². The molecule has 11 nitrogen and oxygen atoms in total. The average molecular weight is 493 g/mol. The van der Waals surface area contributed by atoms with Crippen LogP contribution in [-0.2, 0) is 19.5 Å². The average Bonchev–Trinajstić information content (AvgIpc) is 2.84. The summed E-state index contributed by atoms with van der Waals surface area (Å²) in [7, 11) is 2.37. The lowest BCUT2D eigenvalue weighted by atomic mass is 10.2. The Bertz CT molecular complexity index is 1220. The molecule has 1 heterocycles. The Balaban J connectivity index is 2.04. The Kier molecular flexibility index (Phi) is 8.82. The largest absolute Gasteiger partial charge is 0.495 e. The second-order valence-electron chi connectivity index (χ2n) is 6.92. The molecule has 12 heteroatoms. The monoisotopic (exact) mass is 492 g/mol. The van der Waals surface area contributed by atoms with Crippen LogP contribution in [0, 0.1) is 0 Å². The number of hydrogen-bond acceptors (Lipinski definition) is 10. The summed E-state index contributed by atoms with van der Waals surface area (Å²) in [5.41, 5.74) is 1.02. The number of sulfonamides is 1. The highest BCUT2D eigenvalue weighted by Gasteiger charge is 2.17. The number of hydrogen-bond donors (Lipinski definition) is 2. The molecule has 0 amide bonds. The Morgan fingerprint density at radius 3 is 2.15 bits per heavy atom. The van der Waals surface area contributed by atoms with Gasteiger partial charge in [0.25, 0.3) is 0 Å². The van der Waals surface area contributed by atoms with Crippen LogP contribution in [0.2, 0.25) is 0 Å². The summed E-state index contributed by atoms with van der Waals surface area (Å²) in [5.74, 6) is 1.86. The van der Waals surface area contributed by atoms with E-state index < -0.39 is 10.0 Å². The van der Waals surface area contributed by atoms with E-state index in [9.17, 15) is 8.42 Å². The third kappa shape index (κ3) is 6.03. The Morgan fingerprint density at radius 2 is 1.53 bits per heavy atom. The standard InChI is InChI=1S/C22H28N4O7S/c1-23-34(27,28)15-5-6-19(31-4)18(11-15)26-22-16-12-20(32-9-7-29-2)21(33-10-8-30-3)13-17(16)24-14-25-22/h5-6,11-14,23H,7-10H2,1-4H3,(H,24,25,26). The second kappa shape index (κ2) is 11.8. The zero-order chi connectivity index (χ0) is 24.6. The van der Waals surface area contributed by atoms with Gasteiger partial charge in [0.2, 0.25) is 10.0 Å². The maximum atomic E-state index is 12.3. The van der Waals surface area contributed by atoms with Crippen LogP contribution >= 0.6 is 0 Å². The van der Waals surface area contributed by atoms with Gasteiger partial charge in [0.1, 0.15) is 31.1 Å². The van der Waals surface area contributed by atoms with Crippen molar-refractivity contribution >= 4 is 32.4 Å². The van der Waals surface area contributed by atoms with Crippen molar-refractivity contribution in [2.24, 2.45) is 0 Å². The minimum absolute atomic E-state index is 0.0779. The molecule has 184 valence electrons. The van der Waals surface area contributed by atoms with Gasteiger partial charge in [-0.25, -0.2) is 23.1 Å². The highest BCUT2D eigenvalue weighted by Crippen LogP contribution is 2.37. The number of methoxy groups -OCH3 is 3. The highest BCUT2D eigenvalue weighted by atomic mass is 32.2. The predicted octanol–water partition coefficient (Wildman–Crippen LogP) is 2.34. The number of anilines is 2. The lowest BCUT2D eigenvalue weighted by molar-refractivity contribution is 0.132. The number of benzene rings is 2. The summed E-state index contributed by atoms with van der Waals surface area (Å²) >= 11 is 0. The van der Waals surface area contributed by atoms with Crippen LogP contribution in [0.1, 0.15) is 0 Å². The fraction of sp³-hybridized carbons (Fsp3) is 0.364. The van der Waals surface area contributed by atoms with Gasteiger partial charge in [-0.2, -0.15) is 0 Å². The fourth-order valence-corrected chi connectivity index (χ4v) is 3.81. The van der Waals surface area contributed by atoms with Crippen LogP contribution < -0.4 is 24.2 Å². The van der Waals surface area contributed by atoms with Gasteiger partial charge in [0.15, 0.2) is 11.5 Å². The molecule has 0 unspecified atom stereocenters. The summed E-state index contributed by atoms with van der Waals surface area (Å²) in [4.78, 5) is 8.77. The lowest BCUT2D eigenvalue weighted by Gasteiger charge is -2.16. The molecule has 0 aliphatic rings. The summed E-state index contributed by atoms with van der Waals surface area (Å²) in [6, 6.07) is 8.00. The van der Waals surface area contributed by atoms with Crippen molar-refractivity contribution in [2.75, 3.05) is 60.1 Å². The number of ether oxygens (including phenoxy) is 5. The summed E-state index contributed by atoms with van der Waals surface area (Å²) < 4.78 is 54.1. The molecule has 3 rings (SSSR count). The third-order valence-corrected chi connectivity index (χ3v) is 6.21. The van der Waals surface area contributed by atoms with Crippen molar-refractivity contribution in [1.82, 2.24) is 14.7 Å². The number of aromatic nitrogens is 2. The smallest absolute Gasteiger partial charge is 0.240 e. The molecular weight excluding hydrogens is 464 g/mol. The first kappa shape index (κ1) is 25.4. The first-order valence-electron chi connectivity index (χ1n) is 10.3. The van der Waals surface area contributed by atoms with Crippen molar-refractivity contribution in [1.29, 1.82) is 0 Å². The Labute approximate surface area is 198 Å². The first-order valence-corrected chi connectivity index (χ1v) is 11.8. The summed E-state index contributed by atoms with van der Waals surface area (Å²) in [5, 5.41) is 3.80. The number of rotatable bonds is 13. The molecule has 0 saturated carbocycles. The molecule has 0 saturated heterocycles. The van der Waals surface area contributed by atoms with Crippen molar-refractivity contribution < 1.29 is 32.1 Å². The molecular formula is C22H28N4O7S. The van der Waals surface area contributed by atoms with Crippen LogP contribution in [0.15, 0.2) is 41.6 Å². The van der Waals surface area contributed by atoms with Crippen LogP contribution in [0.3, 0.4) is 0 Å². The third-order valence-electron chi connectivity index (χ3n) is 4.79. The van der Waals surface area contributed by atoms with E-state index in [1.54, 1.807) is 32.4 Å². The maximum Gasteiger partial charge on any atom is 0.240 e. The summed E-state index contributed by atoms with van der Waals surface area (Å²) in [6.07, 6.45) is 1.40. The zero-order valence-corrected chi connectivity index (χ0v) is 20.3. The van der Waals surface area contributed by atoms with E-state index in [-0.39, 0.29) is 4.90 Å². The van der Waals surface area contributed by atoms with E-state index in [2.05, 4.69) is 20.0 Å². The molecule has 0 bridgehead atoms. The SMILES string of the molecule is CNS(=O)(=O)c1ccc(OC)c(Nc2ncnc3cc(OCCOC)c(OCCOC)cc23)c1. The molecule has 0 aliphatic heterocycles. The van der Waals surface area contributed by atoms with E-state index >= 15 is 0 Å². The lowest BCUT2D eigenvalue weighted by Crippen LogP contribution is -2.18. The molecule has 1 aromatic heterocycles. The Hall–Kier alpha value is -3.19. The van der Waals surface area contributed by atoms with Crippen LogP contribution in [0.5, 0.6) is 17.2 Å². The fourth-order valence-electron chi connectivity index (χ4n) is 3.06. The quantitative estimate of drug-likeness (QED) is 0.343. The molecule has 34 heavy (non-hydrogen) atoms. The number of nitrogens with zero attached hydrogens (tertiary/aromatic N) is 2. The van der Waals surface area contributed by atoms with Crippen molar-refractivity contribution in [3.8, 4) is 17.2 Å². The van der Waals surface area contributed by atoms with Crippen LogP contribution in [0.25, 0.3) is 10.9 Å².